The maximum absolute atomic E-state index is 11.6. The molecule has 1 N–H and O–H groups in total. The second-order valence-corrected chi connectivity index (χ2v) is 4.31. The minimum absolute atomic E-state index is 0.276. The number of ether oxygens (including phenoxy) is 2. The molecule has 1 atom stereocenters. The Balaban J connectivity index is 2.20. The number of imide groups is 1. The lowest BCUT2D eigenvalue weighted by molar-refractivity contribution is -0.121. The SMILES string of the molecule is COc1ccc(CC2C(=O)NC(=O)N2C)cc1OC. The summed E-state index contributed by atoms with van der Waals surface area (Å²) >= 11 is 0. The number of urea groups is 1. The number of benzene rings is 1. The minimum atomic E-state index is -0.481. The van der Waals surface area contributed by atoms with Crippen LogP contribution in [0.3, 0.4) is 0 Å². The van der Waals surface area contributed by atoms with Crippen molar-refractivity contribution >= 4 is 11.9 Å². The van der Waals surface area contributed by atoms with Crippen LogP contribution in [-0.2, 0) is 11.2 Å². The average Bonchev–Trinajstić information content (AvgIpc) is 2.65. The van der Waals surface area contributed by atoms with Crippen LogP contribution in [0.5, 0.6) is 11.5 Å². The van der Waals surface area contributed by atoms with Gasteiger partial charge >= 0.3 is 6.03 Å². The van der Waals surface area contributed by atoms with Crippen molar-refractivity contribution in [1.82, 2.24) is 10.2 Å². The molecule has 0 aliphatic carbocycles. The molecule has 1 aliphatic rings. The van der Waals surface area contributed by atoms with E-state index >= 15 is 0 Å². The zero-order valence-electron chi connectivity index (χ0n) is 11.1. The van der Waals surface area contributed by atoms with Crippen LogP contribution >= 0.6 is 0 Å². The molecule has 0 spiro atoms. The Morgan fingerprint density at radius 1 is 1.21 bits per heavy atom. The summed E-state index contributed by atoms with van der Waals surface area (Å²) < 4.78 is 10.4. The summed E-state index contributed by atoms with van der Waals surface area (Å²) in [6.45, 7) is 0. The highest BCUT2D eigenvalue weighted by Gasteiger charge is 2.35. The number of nitrogens with one attached hydrogen (secondary N) is 1. The Labute approximate surface area is 111 Å². The van der Waals surface area contributed by atoms with Gasteiger partial charge in [0, 0.05) is 13.5 Å². The van der Waals surface area contributed by atoms with E-state index in [1.165, 1.54) is 4.90 Å². The van der Waals surface area contributed by atoms with E-state index in [0.29, 0.717) is 17.9 Å². The van der Waals surface area contributed by atoms with Crippen molar-refractivity contribution in [2.45, 2.75) is 12.5 Å². The predicted octanol–water partition coefficient (Wildman–Crippen LogP) is 0.796. The van der Waals surface area contributed by atoms with Crippen LogP contribution in [0, 0.1) is 0 Å². The van der Waals surface area contributed by atoms with Crippen molar-refractivity contribution in [1.29, 1.82) is 0 Å². The van der Waals surface area contributed by atoms with Crippen LogP contribution in [0.4, 0.5) is 4.79 Å². The summed E-state index contributed by atoms with van der Waals surface area (Å²) in [5.41, 5.74) is 0.902. The topological polar surface area (TPSA) is 67.9 Å². The van der Waals surface area contributed by atoms with Gasteiger partial charge in [0.05, 0.1) is 14.2 Å². The van der Waals surface area contributed by atoms with Gasteiger partial charge in [0.25, 0.3) is 5.91 Å². The molecule has 6 nitrogen and oxygen atoms in total. The molecule has 19 heavy (non-hydrogen) atoms. The van der Waals surface area contributed by atoms with Crippen LogP contribution in [0.15, 0.2) is 18.2 Å². The Hall–Kier alpha value is -2.24. The van der Waals surface area contributed by atoms with Crippen molar-refractivity contribution in [2.24, 2.45) is 0 Å². The summed E-state index contributed by atoms with van der Waals surface area (Å²) in [6, 6.07) is 4.60. The summed E-state index contributed by atoms with van der Waals surface area (Å²) in [5.74, 6) is 0.959. The molecule has 0 aromatic heterocycles. The highest BCUT2D eigenvalue weighted by atomic mass is 16.5. The van der Waals surface area contributed by atoms with E-state index in [4.69, 9.17) is 9.47 Å². The van der Waals surface area contributed by atoms with Gasteiger partial charge in [-0.2, -0.15) is 0 Å². The van der Waals surface area contributed by atoms with Gasteiger partial charge in [0.2, 0.25) is 0 Å². The van der Waals surface area contributed by atoms with Gasteiger partial charge in [0.15, 0.2) is 11.5 Å². The molecule has 1 heterocycles. The number of likely N-dealkylation sites (N-methyl/N-ethyl adjacent to an activating group) is 1. The Morgan fingerprint density at radius 3 is 2.42 bits per heavy atom. The maximum Gasteiger partial charge on any atom is 0.324 e. The number of carbonyl (C=O) groups is 2. The lowest BCUT2D eigenvalue weighted by Crippen LogP contribution is -2.33. The molecule has 0 saturated carbocycles. The van der Waals surface area contributed by atoms with Crippen LogP contribution < -0.4 is 14.8 Å². The summed E-state index contributed by atoms with van der Waals surface area (Å²) in [4.78, 5) is 24.4. The quantitative estimate of drug-likeness (QED) is 0.817. The Kier molecular flexibility index (Phi) is 3.59. The largest absolute Gasteiger partial charge is 0.493 e. The molecule has 2 rings (SSSR count). The molecule has 6 heteroatoms. The van der Waals surface area contributed by atoms with E-state index < -0.39 is 6.04 Å². The average molecular weight is 264 g/mol. The third-order valence-corrected chi connectivity index (χ3v) is 3.20. The Bertz CT molecular complexity index is 515. The molecular weight excluding hydrogens is 248 g/mol. The van der Waals surface area contributed by atoms with Gasteiger partial charge in [0.1, 0.15) is 6.04 Å². The first-order chi connectivity index (χ1) is 9.06. The van der Waals surface area contributed by atoms with Crippen molar-refractivity contribution in [3.8, 4) is 11.5 Å². The maximum atomic E-state index is 11.6. The first kappa shape index (κ1) is 13.2. The smallest absolute Gasteiger partial charge is 0.324 e. The van der Waals surface area contributed by atoms with Gasteiger partial charge in [-0.15, -0.1) is 0 Å². The number of methoxy groups -OCH3 is 2. The van der Waals surface area contributed by atoms with E-state index in [0.717, 1.165) is 5.56 Å². The fourth-order valence-corrected chi connectivity index (χ4v) is 2.05. The van der Waals surface area contributed by atoms with E-state index in [2.05, 4.69) is 5.32 Å². The molecule has 1 aromatic rings. The third kappa shape index (κ3) is 2.47. The van der Waals surface area contributed by atoms with Gasteiger partial charge < -0.3 is 14.4 Å². The van der Waals surface area contributed by atoms with Gasteiger partial charge in [-0.3, -0.25) is 10.1 Å². The highest BCUT2D eigenvalue weighted by molar-refractivity contribution is 6.04. The van der Waals surface area contributed by atoms with Crippen molar-refractivity contribution in [3.05, 3.63) is 23.8 Å². The second kappa shape index (κ2) is 5.17. The van der Waals surface area contributed by atoms with Gasteiger partial charge in [-0.25, -0.2) is 4.79 Å². The number of rotatable bonds is 4. The van der Waals surface area contributed by atoms with Crippen LogP contribution in [0.1, 0.15) is 5.56 Å². The number of hydrogen-bond acceptors (Lipinski definition) is 4. The zero-order chi connectivity index (χ0) is 14.0. The predicted molar refractivity (Wildman–Crippen MR) is 68.3 cm³/mol. The van der Waals surface area contributed by atoms with E-state index in [1.807, 2.05) is 12.1 Å². The monoisotopic (exact) mass is 264 g/mol. The molecule has 1 aromatic carbocycles. The van der Waals surface area contributed by atoms with Crippen molar-refractivity contribution in [3.63, 3.8) is 0 Å². The number of hydrogen-bond donors (Lipinski definition) is 1. The number of amides is 3. The van der Waals surface area contributed by atoms with Crippen molar-refractivity contribution < 1.29 is 19.1 Å². The number of carbonyl (C=O) groups excluding carboxylic acids is 2. The van der Waals surface area contributed by atoms with Crippen LogP contribution in [0.25, 0.3) is 0 Å². The first-order valence-corrected chi connectivity index (χ1v) is 5.85. The molecule has 1 aliphatic heterocycles. The lowest BCUT2D eigenvalue weighted by atomic mass is 10.0. The van der Waals surface area contributed by atoms with Gasteiger partial charge in [-0.1, -0.05) is 6.07 Å². The normalized spacial score (nSPS) is 18.5. The van der Waals surface area contributed by atoms with Gasteiger partial charge in [-0.05, 0) is 17.7 Å². The standard InChI is InChI=1S/C13H16N2O4/c1-15-9(12(16)14-13(15)17)6-8-4-5-10(18-2)11(7-8)19-3/h4-5,7,9H,6H2,1-3H3,(H,14,16,17). The first-order valence-electron chi connectivity index (χ1n) is 5.85. The lowest BCUT2D eigenvalue weighted by Gasteiger charge is -2.17. The molecule has 1 unspecified atom stereocenters. The number of nitrogens with zero attached hydrogens (tertiary/aromatic N) is 1. The second-order valence-electron chi connectivity index (χ2n) is 4.31. The van der Waals surface area contributed by atoms with Crippen LogP contribution in [0.2, 0.25) is 0 Å². The van der Waals surface area contributed by atoms with E-state index in [1.54, 1.807) is 27.3 Å². The summed E-state index contributed by atoms with van der Waals surface area (Å²) in [6.07, 6.45) is 0.439. The summed E-state index contributed by atoms with van der Waals surface area (Å²) in [5, 5.41) is 2.28. The molecule has 102 valence electrons. The molecule has 1 fully saturated rings. The van der Waals surface area contributed by atoms with E-state index in [-0.39, 0.29) is 11.9 Å². The molecule has 0 bridgehead atoms. The minimum Gasteiger partial charge on any atom is -0.493 e. The van der Waals surface area contributed by atoms with E-state index in [9.17, 15) is 9.59 Å². The molecule has 1 saturated heterocycles. The van der Waals surface area contributed by atoms with Crippen LogP contribution in [-0.4, -0.2) is 44.1 Å². The van der Waals surface area contributed by atoms with Crippen molar-refractivity contribution in [2.75, 3.05) is 21.3 Å². The highest BCUT2D eigenvalue weighted by Crippen LogP contribution is 2.28. The molecular formula is C13H16N2O4. The molecule has 3 amide bonds. The Morgan fingerprint density at radius 2 is 1.89 bits per heavy atom. The third-order valence-electron chi connectivity index (χ3n) is 3.20. The molecule has 0 radical (unpaired) electrons. The fourth-order valence-electron chi connectivity index (χ4n) is 2.05. The summed E-state index contributed by atoms with van der Waals surface area (Å²) in [7, 11) is 4.72. The zero-order valence-corrected chi connectivity index (χ0v) is 11.1. The fraction of sp³-hybridized carbons (Fsp3) is 0.385.